The van der Waals surface area contributed by atoms with E-state index in [9.17, 15) is 4.79 Å². The second-order valence-electron chi connectivity index (χ2n) is 3.03. The fraction of sp³-hybridized carbons (Fsp3) is 0.444. The second-order valence-corrected chi connectivity index (χ2v) is 3.03. The van der Waals surface area contributed by atoms with E-state index in [1.54, 1.807) is 6.92 Å². The number of carboxylic acid groups (broad SMARTS) is 1. The van der Waals surface area contributed by atoms with Crippen LogP contribution in [0.2, 0.25) is 0 Å². The predicted octanol–water partition coefficient (Wildman–Crippen LogP) is 0.432. The summed E-state index contributed by atoms with van der Waals surface area (Å²) in [6.45, 7) is 3.73. The van der Waals surface area contributed by atoms with Crippen molar-refractivity contribution in [3.8, 4) is 0 Å². The highest BCUT2D eigenvalue weighted by atomic mass is 16.4. The molecule has 1 aromatic rings. The molecule has 0 saturated heterocycles. The predicted molar refractivity (Wildman–Crippen MR) is 50.7 cm³/mol. The Morgan fingerprint density at radius 1 is 1.64 bits per heavy atom. The fourth-order valence-corrected chi connectivity index (χ4v) is 1.09. The zero-order valence-corrected chi connectivity index (χ0v) is 8.19. The molecule has 0 radical (unpaired) electrons. The summed E-state index contributed by atoms with van der Waals surface area (Å²) in [4.78, 5) is 18.6. The van der Waals surface area contributed by atoms with Gasteiger partial charge in [0.15, 0.2) is 11.9 Å². The summed E-state index contributed by atoms with van der Waals surface area (Å²) in [6.07, 6.45) is 0.739. The van der Waals surface area contributed by atoms with E-state index in [4.69, 9.17) is 10.8 Å². The molecule has 1 atom stereocenters. The molecule has 0 aliphatic rings. The highest BCUT2D eigenvalue weighted by Crippen LogP contribution is 2.07. The van der Waals surface area contributed by atoms with E-state index in [1.165, 1.54) is 0 Å². The van der Waals surface area contributed by atoms with Gasteiger partial charge >= 0.3 is 5.97 Å². The number of carboxylic acids is 1. The molecule has 1 unspecified atom stereocenters. The Morgan fingerprint density at radius 3 is 2.79 bits per heavy atom. The van der Waals surface area contributed by atoms with E-state index in [1.807, 2.05) is 13.0 Å². The summed E-state index contributed by atoms with van der Waals surface area (Å²) in [5.41, 5.74) is 6.95. The van der Waals surface area contributed by atoms with Crippen molar-refractivity contribution in [3.63, 3.8) is 0 Å². The number of carbonyl (C=O) groups is 1. The van der Waals surface area contributed by atoms with Crippen molar-refractivity contribution < 1.29 is 9.90 Å². The number of nitrogens with two attached hydrogens (primary N) is 1. The number of aryl methyl sites for hydroxylation is 2. The number of nitrogens with zero attached hydrogens (tertiary/aromatic N) is 2. The monoisotopic (exact) mass is 195 g/mol. The Hall–Kier alpha value is -1.49. The van der Waals surface area contributed by atoms with Gasteiger partial charge in [-0.05, 0) is 19.4 Å². The topological polar surface area (TPSA) is 89.1 Å². The molecule has 14 heavy (non-hydrogen) atoms. The summed E-state index contributed by atoms with van der Waals surface area (Å²) >= 11 is 0. The molecular formula is C9H13N3O2. The summed E-state index contributed by atoms with van der Waals surface area (Å²) in [7, 11) is 0. The van der Waals surface area contributed by atoms with E-state index < -0.39 is 12.0 Å². The lowest BCUT2D eigenvalue weighted by Gasteiger charge is -2.07. The SMILES string of the molecule is CCc1cc(C)nc(C(N)C(=O)O)n1. The Bertz CT molecular complexity index is 352. The van der Waals surface area contributed by atoms with E-state index in [2.05, 4.69) is 9.97 Å². The van der Waals surface area contributed by atoms with Gasteiger partial charge in [0.05, 0.1) is 0 Å². The van der Waals surface area contributed by atoms with Crippen LogP contribution in [0.4, 0.5) is 0 Å². The fourth-order valence-electron chi connectivity index (χ4n) is 1.09. The van der Waals surface area contributed by atoms with Crippen molar-refractivity contribution in [2.45, 2.75) is 26.3 Å². The molecule has 0 bridgehead atoms. The lowest BCUT2D eigenvalue weighted by Crippen LogP contribution is -2.23. The molecule has 0 saturated carbocycles. The largest absolute Gasteiger partial charge is 0.480 e. The van der Waals surface area contributed by atoms with E-state index >= 15 is 0 Å². The normalized spacial score (nSPS) is 12.5. The second kappa shape index (κ2) is 4.15. The van der Waals surface area contributed by atoms with Gasteiger partial charge in [0.2, 0.25) is 0 Å². The Balaban J connectivity index is 3.08. The maximum atomic E-state index is 10.6. The maximum absolute atomic E-state index is 10.6. The minimum absolute atomic E-state index is 0.175. The first-order valence-electron chi connectivity index (χ1n) is 4.37. The van der Waals surface area contributed by atoms with Gasteiger partial charge in [0.25, 0.3) is 0 Å². The van der Waals surface area contributed by atoms with Gasteiger partial charge in [0, 0.05) is 11.4 Å². The van der Waals surface area contributed by atoms with Crippen LogP contribution in [-0.4, -0.2) is 21.0 Å². The molecular weight excluding hydrogens is 182 g/mol. The van der Waals surface area contributed by atoms with Gasteiger partial charge in [-0.1, -0.05) is 6.92 Å². The first kappa shape index (κ1) is 10.6. The smallest absolute Gasteiger partial charge is 0.328 e. The van der Waals surface area contributed by atoms with E-state index in [0.29, 0.717) is 0 Å². The average molecular weight is 195 g/mol. The van der Waals surface area contributed by atoms with Gasteiger partial charge in [-0.2, -0.15) is 0 Å². The van der Waals surface area contributed by atoms with Crippen molar-refractivity contribution in [2.24, 2.45) is 5.73 Å². The third-order valence-corrected chi connectivity index (χ3v) is 1.83. The molecule has 3 N–H and O–H groups in total. The third kappa shape index (κ3) is 2.26. The Labute approximate surface area is 82.0 Å². The molecule has 0 aliphatic heterocycles. The first-order valence-corrected chi connectivity index (χ1v) is 4.37. The summed E-state index contributed by atoms with van der Waals surface area (Å²) in [5, 5.41) is 8.68. The first-order chi connectivity index (χ1) is 6.54. The molecule has 1 heterocycles. The molecule has 0 spiro atoms. The van der Waals surface area contributed by atoms with Crippen LogP contribution in [0.1, 0.15) is 30.2 Å². The Kier molecular flexibility index (Phi) is 3.14. The van der Waals surface area contributed by atoms with Crippen LogP contribution in [0.3, 0.4) is 0 Å². The quantitative estimate of drug-likeness (QED) is 0.730. The molecule has 0 aliphatic carbocycles. The molecule has 1 aromatic heterocycles. The summed E-state index contributed by atoms with van der Waals surface area (Å²) in [5.74, 6) is -0.938. The van der Waals surface area contributed by atoms with Gasteiger partial charge < -0.3 is 10.8 Å². The molecule has 0 fully saturated rings. The van der Waals surface area contributed by atoms with Crippen LogP contribution in [0.15, 0.2) is 6.07 Å². The van der Waals surface area contributed by atoms with Crippen LogP contribution >= 0.6 is 0 Å². The highest BCUT2D eigenvalue weighted by Gasteiger charge is 2.17. The number of aliphatic carboxylic acids is 1. The van der Waals surface area contributed by atoms with Crippen LogP contribution in [0, 0.1) is 6.92 Å². The zero-order chi connectivity index (χ0) is 10.7. The van der Waals surface area contributed by atoms with Gasteiger partial charge in [-0.25, -0.2) is 9.97 Å². The van der Waals surface area contributed by atoms with Crippen LogP contribution in [0.5, 0.6) is 0 Å². The number of hydrogen-bond donors (Lipinski definition) is 2. The summed E-state index contributed by atoms with van der Waals surface area (Å²) < 4.78 is 0. The van der Waals surface area contributed by atoms with Crippen molar-refractivity contribution >= 4 is 5.97 Å². The number of rotatable bonds is 3. The Morgan fingerprint density at radius 2 is 2.29 bits per heavy atom. The highest BCUT2D eigenvalue weighted by molar-refractivity contribution is 5.73. The number of hydrogen-bond acceptors (Lipinski definition) is 4. The van der Waals surface area contributed by atoms with Crippen molar-refractivity contribution in [3.05, 3.63) is 23.3 Å². The van der Waals surface area contributed by atoms with Crippen LogP contribution in [-0.2, 0) is 11.2 Å². The third-order valence-electron chi connectivity index (χ3n) is 1.83. The van der Waals surface area contributed by atoms with E-state index in [0.717, 1.165) is 17.8 Å². The molecule has 76 valence electrons. The summed E-state index contributed by atoms with van der Waals surface area (Å²) in [6, 6.07) is 0.679. The van der Waals surface area contributed by atoms with Gasteiger partial charge in [0.1, 0.15) is 0 Å². The van der Waals surface area contributed by atoms with Crippen LogP contribution < -0.4 is 5.73 Å². The van der Waals surface area contributed by atoms with Crippen molar-refractivity contribution in [1.29, 1.82) is 0 Å². The molecule has 1 rings (SSSR count). The molecule has 0 amide bonds. The van der Waals surface area contributed by atoms with Crippen molar-refractivity contribution in [1.82, 2.24) is 9.97 Å². The van der Waals surface area contributed by atoms with E-state index in [-0.39, 0.29) is 5.82 Å². The number of aromatic nitrogens is 2. The minimum Gasteiger partial charge on any atom is -0.480 e. The molecule has 5 nitrogen and oxygen atoms in total. The molecule has 5 heteroatoms. The van der Waals surface area contributed by atoms with Gasteiger partial charge in [-0.15, -0.1) is 0 Å². The average Bonchev–Trinajstić information content (AvgIpc) is 2.15. The maximum Gasteiger partial charge on any atom is 0.328 e. The lowest BCUT2D eigenvalue weighted by molar-refractivity contribution is -0.138. The molecule has 0 aromatic carbocycles. The standard InChI is InChI=1S/C9H13N3O2/c1-3-6-4-5(2)11-8(12-6)7(10)9(13)14/h4,7H,3,10H2,1-2H3,(H,13,14). The van der Waals surface area contributed by atoms with Crippen LogP contribution in [0.25, 0.3) is 0 Å². The minimum atomic E-state index is -1.14. The van der Waals surface area contributed by atoms with Crippen molar-refractivity contribution in [2.75, 3.05) is 0 Å². The lowest BCUT2D eigenvalue weighted by atomic mass is 10.2. The van der Waals surface area contributed by atoms with Gasteiger partial charge in [-0.3, -0.25) is 4.79 Å². The zero-order valence-electron chi connectivity index (χ0n) is 8.19.